The van der Waals surface area contributed by atoms with E-state index in [4.69, 9.17) is 0 Å². The van der Waals surface area contributed by atoms with E-state index >= 15 is 0 Å². The minimum Gasteiger partial charge on any atom is -0.325 e. The van der Waals surface area contributed by atoms with Crippen LogP contribution in [0.2, 0.25) is 0 Å². The molecule has 1 fully saturated rings. The Morgan fingerprint density at radius 2 is 1.85 bits per heavy atom. The van der Waals surface area contributed by atoms with Crippen LogP contribution in [0.4, 0.5) is 0 Å². The van der Waals surface area contributed by atoms with Gasteiger partial charge in [0.1, 0.15) is 0 Å². The van der Waals surface area contributed by atoms with Crippen LogP contribution in [0, 0.1) is 5.41 Å². The lowest BCUT2D eigenvalue weighted by molar-refractivity contribution is -0.131. The van der Waals surface area contributed by atoms with Crippen molar-refractivity contribution in [2.24, 2.45) is 5.41 Å². The molecule has 2 atom stereocenters. The lowest BCUT2D eigenvalue weighted by atomic mass is 9.86. The number of carbonyl (C=O) groups excluding carboxylic acids is 1. The van der Waals surface area contributed by atoms with Crippen LogP contribution in [0.15, 0.2) is 0 Å². The molecule has 3 nitrogen and oxygen atoms in total. The third kappa shape index (κ3) is 4.76. The molecule has 0 aliphatic carbocycles. The Bertz CT molecular complexity index is 301. The summed E-state index contributed by atoms with van der Waals surface area (Å²) in [4.78, 5) is 14.6. The molecule has 0 aromatic rings. The third-order valence-corrected chi connectivity index (χ3v) is 4.37. The van der Waals surface area contributed by atoms with Crippen molar-refractivity contribution >= 4 is 5.91 Å². The van der Waals surface area contributed by atoms with Gasteiger partial charge in [-0.3, -0.25) is 10.1 Å². The van der Waals surface area contributed by atoms with Crippen molar-refractivity contribution in [2.75, 3.05) is 6.54 Å². The second kappa shape index (κ2) is 8.02. The van der Waals surface area contributed by atoms with Crippen molar-refractivity contribution in [2.45, 2.75) is 91.8 Å². The molecular weight excluding hydrogens is 248 g/mol. The van der Waals surface area contributed by atoms with E-state index in [-0.39, 0.29) is 17.6 Å². The van der Waals surface area contributed by atoms with Crippen LogP contribution in [-0.2, 0) is 4.79 Å². The van der Waals surface area contributed by atoms with Crippen molar-refractivity contribution < 1.29 is 4.79 Å². The molecule has 1 amide bonds. The van der Waals surface area contributed by atoms with Gasteiger partial charge >= 0.3 is 0 Å². The van der Waals surface area contributed by atoms with E-state index < -0.39 is 0 Å². The zero-order valence-corrected chi connectivity index (χ0v) is 14.2. The molecule has 118 valence electrons. The average molecular weight is 282 g/mol. The Kier molecular flexibility index (Phi) is 7.01. The Labute approximate surface area is 125 Å². The largest absolute Gasteiger partial charge is 0.325 e. The van der Waals surface area contributed by atoms with Gasteiger partial charge in [-0.05, 0) is 24.7 Å². The van der Waals surface area contributed by atoms with Crippen LogP contribution in [0.3, 0.4) is 0 Å². The number of amides is 1. The van der Waals surface area contributed by atoms with Crippen LogP contribution in [0.5, 0.6) is 0 Å². The van der Waals surface area contributed by atoms with Crippen LogP contribution < -0.4 is 5.32 Å². The fourth-order valence-electron chi connectivity index (χ4n) is 3.16. The summed E-state index contributed by atoms with van der Waals surface area (Å²) in [5, 5.41) is 3.51. The first kappa shape index (κ1) is 17.5. The summed E-state index contributed by atoms with van der Waals surface area (Å²) >= 11 is 0. The van der Waals surface area contributed by atoms with E-state index in [9.17, 15) is 4.79 Å². The first-order chi connectivity index (χ1) is 9.45. The average Bonchev–Trinajstić information content (AvgIpc) is 2.67. The molecule has 1 rings (SSSR count). The van der Waals surface area contributed by atoms with E-state index in [2.05, 4.69) is 44.8 Å². The molecule has 2 unspecified atom stereocenters. The molecular formula is C17H34N2O. The van der Waals surface area contributed by atoms with Crippen LogP contribution in [-0.4, -0.2) is 29.6 Å². The topological polar surface area (TPSA) is 32.3 Å². The maximum atomic E-state index is 12.5. The lowest BCUT2D eigenvalue weighted by Gasteiger charge is -2.33. The van der Waals surface area contributed by atoms with E-state index in [1.165, 1.54) is 25.7 Å². The highest BCUT2D eigenvalue weighted by atomic mass is 16.2. The lowest BCUT2D eigenvalue weighted by Crippen LogP contribution is -2.42. The maximum absolute atomic E-state index is 12.5. The summed E-state index contributed by atoms with van der Waals surface area (Å²) in [6.45, 7) is 12.0. The summed E-state index contributed by atoms with van der Waals surface area (Å²) < 4.78 is 0. The zero-order valence-electron chi connectivity index (χ0n) is 14.2. The minimum absolute atomic E-state index is 0.0522. The number of nitrogens with zero attached hydrogens (tertiary/aromatic N) is 1. The smallest absolute Gasteiger partial charge is 0.241 e. The summed E-state index contributed by atoms with van der Waals surface area (Å²) in [6, 6.07) is 0.0522. The highest BCUT2D eigenvalue weighted by molar-refractivity contribution is 5.84. The van der Waals surface area contributed by atoms with Gasteiger partial charge in [-0.25, -0.2) is 0 Å². The minimum atomic E-state index is 0.0522. The third-order valence-electron chi connectivity index (χ3n) is 4.37. The number of unbranched alkanes of at least 4 members (excludes halogenated alkanes) is 2. The molecule has 1 heterocycles. The Balaban J connectivity index is 2.61. The molecule has 1 N–H and O–H groups in total. The van der Waals surface area contributed by atoms with E-state index in [1.807, 2.05) is 0 Å². The van der Waals surface area contributed by atoms with E-state index in [1.54, 1.807) is 0 Å². The fourth-order valence-corrected chi connectivity index (χ4v) is 3.16. The van der Waals surface area contributed by atoms with Crippen molar-refractivity contribution in [3.8, 4) is 0 Å². The molecule has 0 spiro atoms. The van der Waals surface area contributed by atoms with E-state index in [0.29, 0.717) is 5.91 Å². The molecule has 0 saturated carbocycles. The second-order valence-corrected chi connectivity index (χ2v) is 7.02. The standard InChI is InChI=1S/C17H34N2O/c1-6-9-10-12-17(4,5)13-19-15(8-3)18-14(11-7-2)16(19)20/h14-15,18H,6-13H2,1-5H3. The van der Waals surface area contributed by atoms with Gasteiger partial charge in [0.2, 0.25) is 5.91 Å². The van der Waals surface area contributed by atoms with Crippen LogP contribution in [0.1, 0.15) is 79.6 Å². The molecule has 0 radical (unpaired) electrons. The van der Waals surface area contributed by atoms with Crippen molar-refractivity contribution in [3.63, 3.8) is 0 Å². The summed E-state index contributed by atoms with van der Waals surface area (Å²) in [5.74, 6) is 0.322. The Hall–Kier alpha value is -0.570. The molecule has 3 heteroatoms. The summed E-state index contributed by atoms with van der Waals surface area (Å²) in [7, 11) is 0. The van der Waals surface area contributed by atoms with Gasteiger partial charge in [-0.15, -0.1) is 0 Å². The van der Waals surface area contributed by atoms with Gasteiger partial charge in [-0.1, -0.05) is 60.3 Å². The molecule has 0 aromatic carbocycles. The second-order valence-electron chi connectivity index (χ2n) is 7.02. The van der Waals surface area contributed by atoms with Gasteiger partial charge < -0.3 is 4.90 Å². The van der Waals surface area contributed by atoms with E-state index in [0.717, 1.165) is 25.8 Å². The maximum Gasteiger partial charge on any atom is 0.241 e. The van der Waals surface area contributed by atoms with Crippen LogP contribution >= 0.6 is 0 Å². The van der Waals surface area contributed by atoms with Gasteiger partial charge in [0, 0.05) is 6.54 Å². The monoisotopic (exact) mass is 282 g/mol. The predicted octanol–water partition coefficient (Wildman–Crippen LogP) is 3.93. The number of rotatable bonds is 9. The highest BCUT2D eigenvalue weighted by Crippen LogP contribution is 2.28. The van der Waals surface area contributed by atoms with Gasteiger partial charge in [0.05, 0.1) is 12.2 Å². The van der Waals surface area contributed by atoms with Crippen molar-refractivity contribution in [1.29, 1.82) is 0 Å². The molecule has 1 aliphatic heterocycles. The SMILES string of the molecule is CCCCCC(C)(C)CN1C(=O)C(CCC)NC1CC. The molecule has 0 bridgehead atoms. The zero-order chi connectivity index (χ0) is 15.2. The normalized spacial score (nSPS) is 23.6. The number of hydrogen-bond acceptors (Lipinski definition) is 2. The fraction of sp³-hybridized carbons (Fsp3) is 0.941. The summed E-state index contributed by atoms with van der Waals surface area (Å²) in [5.41, 5.74) is 0.223. The number of carbonyl (C=O) groups is 1. The van der Waals surface area contributed by atoms with Gasteiger partial charge in [-0.2, -0.15) is 0 Å². The predicted molar refractivity (Wildman–Crippen MR) is 85.5 cm³/mol. The van der Waals surface area contributed by atoms with Gasteiger partial charge in [0.25, 0.3) is 0 Å². The van der Waals surface area contributed by atoms with Crippen molar-refractivity contribution in [1.82, 2.24) is 10.2 Å². The highest BCUT2D eigenvalue weighted by Gasteiger charge is 2.39. The Morgan fingerprint density at radius 3 is 2.40 bits per heavy atom. The first-order valence-electron chi connectivity index (χ1n) is 8.51. The van der Waals surface area contributed by atoms with Gasteiger partial charge in [0.15, 0.2) is 0 Å². The molecule has 0 aromatic heterocycles. The molecule has 1 aliphatic rings. The number of nitrogens with one attached hydrogen (secondary N) is 1. The number of hydrogen-bond donors (Lipinski definition) is 1. The molecule has 1 saturated heterocycles. The van der Waals surface area contributed by atoms with Crippen molar-refractivity contribution in [3.05, 3.63) is 0 Å². The first-order valence-corrected chi connectivity index (χ1v) is 8.51. The quantitative estimate of drug-likeness (QED) is 0.650. The summed E-state index contributed by atoms with van der Waals surface area (Å²) in [6.07, 6.45) is 8.30. The Morgan fingerprint density at radius 1 is 1.15 bits per heavy atom. The van der Waals surface area contributed by atoms with Crippen LogP contribution in [0.25, 0.3) is 0 Å². The molecule has 20 heavy (non-hydrogen) atoms.